The van der Waals surface area contributed by atoms with E-state index in [4.69, 9.17) is 0 Å². The number of nitrogens with zero attached hydrogens (tertiary/aromatic N) is 2. The molecule has 0 aliphatic carbocycles. The van der Waals surface area contributed by atoms with Crippen LogP contribution in [0.15, 0.2) is 48.7 Å². The number of rotatable bonds is 6. The molecule has 1 heterocycles. The standard InChI is InChI=1S/C15H17N3O2/c1-2-15(17-11-13-7-3-4-9-16-13)12-6-5-8-14(10-12)18(19)20/h3-10,15,17H,2,11H2,1H3/t15-/m1/s1. The molecule has 0 radical (unpaired) electrons. The third kappa shape index (κ3) is 3.61. The van der Waals surface area contributed by atoms with Crippen LogP contribution in [0.1, 0.15) is 30.6 Å². The number of aromatic nitrogens is 1. The third-order valence-corrected chi connectivity index (χ3v) is 3.15. The average molecular weight is 271 g/mol. The maximum Gasteiger partial charge on any atom is 0.269 e. The van der Waals surface area contributed by atoms with Crippen LogP contribution in [-0.4, -0.2) is 9.91 Å². The molecule has 20 heavy (non-hydrogen) atoms. The van der Waals surface area contributed by atoms with Crippen LogP contribution in [0.2, 0.25) is 0 Å². The number of hydrogen-bond donors (Lipinski definition) is 1. The first-order chi connectivity index (χ1) is 9.70. The molecule has 0 spiro atoms. The molecule has 1 N–H and O–H groups in total. The van der Waals surface area contributed by atoms with Crippen LogP contribution in [0, 0.1) is 10.1 Å². The zero-order chi connectivity index (χ0) is 14.4. The number of hydrogen-bond acceptors (Lipinski definition) is 4. The van der Waals surface area contributed by atoms with Gasteiger partial charge in [-0.3, -0.25) is 15.1 Å². The minimum absolute atomic E-state index is 0.0805. The molecular formula is C15H17N3O2. The van der Waals surface area contributed by atoms with Gasteiger partial charge in [-0.15, -0.1) is 0 Å². The second-order valence-corrected chi connectivity index (χ2v) is 4.51. The van der Waals surface area contributed by atoms with E-state index in [2.05, 4.69) is 17.2 Å². The molecule has 1 aromatic carbocycles. The van der Waals surface area contributed by atoms with Gasteiger partial charge < -0.3 is 5.32 Å². The summed E-state index contributed by atoms with van der Waals surface area (Å²) in [6, 6.07) is 12.6. The van der Waals surface area contributed by atoms with Crippen LogP contribution in [0.25, 0.3) is 0 Å². The highest BCUT2D eigenvalue weighted by molar-refractivity contribution is 5.35. The van der Waals surface area contributed by atoms with Crippen molar-refractivity contribution in [2.45, 2.75) is 25.9 Å². The minimum atomic E-state index is -0.366. The van der Waals surface area contributed by atoms with Crippen molar-refractivity contribution in [3.8, 4) is 0 Å². The summed E-state index contributed by atoms with van der Waals surface area (Å²) in [5.41, 5.74) is 2.01. The molecule has 104 valence electrons. The number of nitro benzene ring substituents is 1. The fourth-order valence-corrected chi connectivity index (χ4v) is 2.08. The molecule has 0 aliphatic heterocycles. The van der Waals surface area contributed by atoms with E-state index >= 15 is 0 Å². The van der Waals surface area contributed by atoms with Crippen LogP contribution in [0.4, 0.5) is 5.69 Å². The van der Waals surface area contributed by atoms with Crippen molar-refractivity contribution in [2.75, 3.05) is 0 Å². The van der Waals surface area contributed by atoms with Crippen LogP contribution in [0.5, 0.6) is 0 Å². The number of non-ortho nitro benzene ring substituents is 1. The Balaban J connectivity index is 2.08. The van der Waals surface area contributed by atoms with Gasteiger partial charge in [0.05, 0.1) is 10.6 Å². The lowest BCUT2D eigenvalue weighted by Crippen LogP contribution is -2.20. The summed E-state index contributed by atoms with van der Waals surface area (Å²) in [5, 5.41) is 14.2. The lowest BCUT2D eigenvalue weighted by molar-refractivity contribution is -0.384. The fourth-order valence-electron chi connectivity index (χ4n) is 2.08. The molecule has 5 nitrogen and oxygen atoms in total. The summed E-state index contributed by atoms with van der Waals surface area (Å²) in [6.45, 7) is 2.69. The first-order valence-corrected chi connectivity index (χ1v) is 6.58. The monoisotopic (exact) mass is 271 g/mol. The van der Waals surface area contributed by atoms with E-state index < -0.39 is 0 Å². The van der Waals surface area contributed by atoms with Crippen molar-refractivity contribution in [2.24, 2.45) is 0 Å². The van der Waals surface area contributed by atoms with E-state index in [0.29, 0.717) is 6.54 Å². The van der Waals surface area contributed by atoms with E-state index in [1.807, 2.05) is 24.3 Å². The van der Waals surface area contributed by atoms with Crippen LogP contribution >= 0.6 is 0 Å². The first-order valence-electron chi connectivity index (χ1n) is 6.58. The van der Waals surface area contributed by atoms with Gasteiger partial charge in [-0.1, -0.05) is 25.1 Å². The maximum atomic E-state index is 10.8. The molecular weight excluding hydrogens is 254 g/mol. The summed E-state index contributed by atoms with van der Waals surface area (Å²) < 4.78 is 0. The summed E-state index contributed by atoms with van der Waals surface area (Å²) in [6.07, 6.45) is 2.61. The van der Waals surface area contributed by atoms with E-state index in [9.17, 15) is 10.1 Å². The van der Waals surface area contributed by atoms with E-state index in [1.54, 1.807) is 18.3 Å². The lowest BCUT2D eigenvalue weighted by atomic mass is 10.0. The number of benzene rings is 1. The summed E-state index contributed by atoms with van der Waals surface area (Å²) in [5.74, 6) is 0. The third-order valence-electron chi connectivity index (χ3n) is 3.15. The van der Waals surface area contributed by atoms with Gasteiger partial charge in [-0.25, -0.2) is 0 Å². The molecule has 2 rings (SSSR count). The van der Waals surface area contributed by atoms with Gasteiger partial charge in [-0.2, -0.15) is 0 Å². The Morgan fingerprint density at radius 1 is 1.30 bits per heavy atom. The Kier molecular flexibility index (Phi) is 4.79. The fraction of sp³-hybridized carbons (Fsp3) is 0.267. The predicted molar refractivity (Wildman–Crippen MR) is 77.2 cm³/mol. The normalized spacial score (nSPS) is 12.1. The molecule has 1 aromatic heterocycles. The number of nitro groups is 1. The second-order valence-electron chi connectivity index (χ2n) is 4.51. The van der Waals surface area contributed by atoms with Crippen molar-refractivity contribution in [1.82, 2.24) is 10.3 Å². The van der Waals surface area contributed by atoms with Crippen molar-refractivity contribution in [3.63, 3.8) is 0 Å². The van der Waals surface area contributed by atoms with Crippen LogP contribution in [0.3, 0.4) is 0 Å². The van der Waals surface area contributed by atoms with Crippen molar-refractivity contribution < 1.29 is 4.92 Å². The molecule has 2 aromatic rings. The van der Waals surface area contributed by atoms with E-state index in [0.717, 1.165) is 17.7 Å². The Morgan fingerprint density at radius 2 is 2.15 bits per heavy atom. The van der Waals surface area contributed by atoms with Gasteiger partial charge in [-0.05, 0) is 24.1 Å². The molecule has 5 heteroatoms. The zero-order valence-electron chi connectivity index (χ0n) is 11.3. The second kappa shape index (κ2) is 6.77. The lowest BCUT2D eigenvalue weighted by Gasteiger charge is -2.17. The molecule has 0 amide bonds. The average Bonchev–Trinajstić information content (AvgIpc) is 2.49. The summed E-state index contributed by atoms with van der Waals surface area (Å²) in [7, 11) is 0. The van der Waals surface area contributed by atoms with E-state index in [-0.39, 0.29) is 16.7 Å². The highest BCUT2D eigenvalue weighted by atomic mass is 16.6. The Labute approximate surface area is 117 Å². The number of pyridine rings is 1. The Hall–Kier alpha value is -2.27. The summed E-state index contributed by atoms with van der Waals surface area (Å²) >= 11 is 0. The molecule has 0 aliphatic rings. The van der Waals surface area contributed by atoms with Gasteiger partial charge >= 0.3 is 0 Å². The highest BCUT2D eigenvalue weighted by Crippen LogP contribution is 2.21. The molecule has 1 atom stereocenters. The van der Waals surface area contributed by atoms with Crippen LogP contribution < -0.4 is 5.32 Å². The smallest absolute Gasteiger partial charge is 0.269 e. The van der Waals surface area contributed by atoms with Gasteiger partial charge in [0.1, 0.15) is 0 Å². The molecule has 0 fully saturated rings. The van der Waals surface area contributed by atoms with Gasteiger partial charge in [0, 0.05) is 30.9 Å². The van der Waals surface area contributed by atoms with Gasteiger partial charge in [0.2, 0.25) is 0 Å². The maximum absolute atomic E-state index is 10.8. The topological polar surface area (TPSA) is 68.1 Å². The zero-order valence-corrected chi connectivity index (χ0v) is 11.3. The van der Waals surface area contributed by atoms with Gasteiger partial charge in [0.25, 0.3) is 5.69 Å². The van der Waals surface area contributed by atoms with Crippen molar-refractivity contribution >= 4 is 5.69 Å². The predicted octanol–water partition coefficient (Wildman–Crippen LogP) is 3.23. The molecule has 0 unspecified atom stereocenters. The highest BCUT2D eigenvalue weighted by Gasteiger charge is 2.13. The first kappa shape index (κ1) is 14.1. The minimum Gasteiger partial charge on any atom is -0.304 e. The Morgan fingerprint density at radius 3 is 2.80 bits per heavy atom. The van der Waals surface area contributed by atoms with Crippen molar-refractivity contribution in [3.05, 3.63) is 70.0 Å². The molecule has 0 saturated heterocycles. The van der Waals surface area contributed by atoms with Crippen molar-refractivity contribution in [1.29, 1.82) is 0 Å². The Bertz CT molecular complexity index is 572. The largest absolute Gasteiger partial charge is 0.304 e. The summed E-state index contributed by atoms with van der Waals surface area (Å²) in [4.78, 5) is 14.7. The van der Waals surface area contributed by atoms with Gasteiger partial charge in [0.15, 0.2) is 0 Å². The SMILES string of the molecule is CC[C@@H](NCc1ccccn1)c1cccc([N+](=O)[O-])c1. The van der Waals surface area contributed by atoms with E-state index in [1.165, 1.54) is 6.07 Å². The van der Waals surface area contributed by atoms with Crippen LogP contribution in [-0.2, 0) is 6.54 Å². The molecule has 0 bridgehead atoms. The number of nitrogens with one attached hydrogen (secondary N) is 1. The molecule has 0 saturated carbocycles. The quantitative estimate of drug-likeness (QED) is 0.647.